The Morgan fingerprint density at radius 2 is 2.33 bits per heavy atom. The Kier molecular flexibility index (Phi) is 3.41. The highest BCUT2D eigenvalue weighted by Gasteiger charge is 1.91. The van der Waals surface area contributed by atoms with Crippen molar-refractivity contribution in [2.75, 3.05) is 25.6 Å². The monoisotopic (exact) mass is 167 g/mol. The van der Waals surface area contributed by atoms with E-state index >= 15 is 0 Å². The lowest BCUT2D eigenvalue weighted by Crippen LogP contribution is -2.07. The van der Waals surface area contributed by atoms with Gasteiger partial charge < -0.3 is 15.2 Å². The summed E-state index contributed by atoms with van der Waals surface area (Å²) in [6.45, 7) is 1.41. The summed E-state index contributed by atoms with van der Waals surface area (Å²) < 4.78 is 4.87. The smallest absolute Gasteiger partial charge is 0.117 e. The zero-order valence-corrected chi connectivity index (χ0v) is 7.08. The zero-order valence-electron chi connectivity index (χ0n) is 7.08. The molecule has 0 unspecified atom stereocenters. The van der Waals surface area contributed by atoms with E-state index in [0.717, 1.165) is 12.2 Å². The highest BCUT2D eigenvalue weighted by atomic mass is 16.5. The van der Waals surface area contributed by atoms with Crippen molar-refractivity contribution in [2.24, 2.45) is 0 Å². The van der Waals surface area contributed by atoms with Gasteiger partial charge in [-0.15, -0.1) is 0 Å². The molecule has 0 radical (unpaired) electrons. The van der Waals surface area contributed by atoms with Crippen LogP contribution >= 0.6 is 0 Å². The van der Waals surface area contributed by atoms with Crippen molar-refractivity contribution in [3.8, 4) is 5.75 Å². The number of rotatable bonds is 4. The molecule has 0 aliphatic rings. The van der Waals surface area contributed by atoms with Crippen LogP contribution in [-0.4, -0.2) is 25.4 Å². The lowest BCUT2D eigenvalue weighted by molar-refractivity contribution is 0.211. The first-order chi connectivity index (χ1) is 5.83. The second kappa shape index (κ2) is 4.62. The van der Waals surface area contributed by atoms with Crippen molar-refractivity contribution in [3.05, 3.63) is 24.3 Å². The Labute approximate surface area is 72.0 Å². The van der Waals surface area contributed by atoms with E-state index in [4.69, 9.17) is 9.84 Å². The third kappa shape index (κ3) is 2.80. The molecule has 0 atom stereocenters. The normalized spacial score (nSPS) is 9.75. The fraction of sp³-hybridized carbons (Fsp3) is 0.333. The summed E-state index contributed by atoms with van der Waals surface area (Å²) in [6.07, 6.45) is 0. The highest BCUT2D eigenvalue weighted by molar-refractivity contribution is 5.47. The molecule has 0 saturated heterocycles. The van der Waals surface area contributed by atoms with Gasteiger partial charge in [-0.2, -0.15) is 0 Å². The molecule has 12 heavy (non-hydrogen) atoms. The van der Waals surface area contributed by atoms with Gasteiger partial charge in [0.1, 0.15) is 5.75 Å². The van der Waals surface area contributed by atoms with E-state index in [0.29, 0.717) is 6.61 Å². The molecule has 0 saturated carbocycles. The molecule has 66 valence electrons. The Hall–Kier alpha value is -1.22. The predicted octanol–water partition coefficient (Wildman–Crippen LogP) is 1.45. The summed E-state index contributed by atoms with van der Waals surface area (Å²) >= 11 is 0. The first-order valence-electron chi connectivity index (χ1n) is 3.85. The highest BCUT2D eigenvalue weighted by Crippen LogP contribution is 2.14. The molecule has 3 nitrogen and oxygen atoms in total. The van der Waals surface area contributed by atoms with Crippen molar-refractivity contribution in [2.45, 2.75) is 0 Å². The van der Waals surface area contributed by atoms with Gasteiger partial charge in [-0.05, 0) is 12.1 Å². The van der Waals surface area contributed by atoms with Gasteiger partial charge in [0, 0.05) is 25.4 Å². The van der Waals surface area contributed by atoms with Gasteiger partial charge in [0.15, 0.2) is 0 Å². The summed E-state index contributed by atoms with van der Waals surface area (Å²) in [5, 5.41) is 12.2. The van der Waals surface area contributed by atoms with E-state index in [1.165, 1.54) is 0 Å². The molecule has 1 aromatic rings. The number of aromatic hydroxyl groups is 1. The average molecular weight is 167 g/mol. The standard InChI is InChI=1S/C9H13NO2/c1-12-6-5-10-8-3-2-4-9(11)7-8/h2-4,7,10-11H,5-6H2,1H3. The van der Waals surface area contributed by atoms with Crippen molar-refractivity contribution in [1.29, 1.82) is 0 Å². The second-order valence-corrected chi connectivity index (χ2v) is 2.47. The van der Waals surface area contributed by atoms with E-state index in [-0.39, 0.29) is 5.75 Å². The lowest BCUT2D eigenvalue weighted by atomic mass is 10.3. The van der Waals surface area contributed by atoms with Gasteiger partial charge in [0.25, 0.3) is 0 Å². The number of anilines is 1. The van der Waals surface area contributed by atoms with E-state index < -0.39 is 0 Å². The summed E-state index contributed by atoms with van der Waals surface area (Å²) in [6, 6.07) is 7.01. The van der Waals surface area contributed by atoms with Crippen LogP contribution in [0.15, 0.2) is 24.3 Å². The average Bonchev–Trinajstić information content (AvgIpc) is 2.05. The van der Waals surface area contributed by atoms with Crippen LogP contribution in [0.1, 0.15) is 0 Å². The quantitative estimate of drug-likeness (QED) is 0.667. The first kappa shape index (κ1) is 8.87. The number of methoxy groups -OCH3 is 1. The van der Waals surface area contributed by atoms with Crippen molar-refractivity contribution in [1.82, 2.24) is 0 Å². The first-order valence-corrected chi connectivity index (χ1v) is 3.85. The number of ether oxygens (including phenoxy) is 1. The summed E-state index contributed by atoms with van der Waals surface area (Å²) in [5.41, 5.74) is 0.909. The molecule has 0 amide bonds. The Morgan fingerprint density at radius 3 is 3.00 bits per heavy atom. The Bertz CT molecular complexity index is 238. The lowest BCUT2D eigenvalue weighted by Gasteiger charge is -2.04. The van der Waals surface area contributed by atoms with Crippen LogP contribution in [0.25, 0.3) is 0 Å². The largest absolute Gasteiger partial charge is 0.508 e. The summed E-state index contributed by atoms with van der Waals surface area (Å²) in [5.74, 6) is 0.275. The Morgan fingerprint density at radius 1 is 1.50 bits per heavy atom. The van der Waals surface area contributed by atoms with Crippen LogP contribution in [0.2, 0.25) is 0 Å². The maximum atomic E-state index is 9.10. The second-order valence-electron chi connectivity index (χ2n) is 2.47. The number of hydrogen-bond donors (Lipinski definition) is 2. The van der Waals surface area contributed by atoms with Crippen LogP contribution in [0.5, 0.6) is 5.75 Å². The topological polar surface area (TPSA) is 41.5 Å². The molecule has 0 bridgehead atoms. The molecule has 3 heteroatoms. The molecule has 0 fully saturated rings. The van der Waals surface area contributed by atoms with Crippen molar-refractivity contribution < 1.29 is 9.84 Å². The van der Waals surface area contributed by atoms with Gasteiger partial charge in [-0.3, -0.25) is 0 Å². The van der Waals surface area contributed by atoms with Gasteiger partial charge in [0.2, 0.25) is 0 Å². The number of benzene rings is 1. The van der Waals surface area contributed by atoms with Crippen LogP contribution in [-0.2, 0) is 4.74 Å². The molecule has 0 aromatic heterocycles. The molecule has 0 aliphatic carbocycles. The number of nitrogens with one attached hydrogen (secondary N) is 1. The minimum Gasteiger partial charge on any atom is -0.508 e. The van der Waals surface area contributed by atoms with Gasteiger partial charge >= 0.3 is 0 Å². The van der Waals surface area contributed by atoms with Crippen LogP contribution in [0, 0.1) is 0 Å². The molecular weight excluding hydrogens is 154 g/mol. The third-order valence-electron chi connectivity index (χ3n) is 1.48. The number of phenolic OH excluding ortho intramolecular Hbond substituents is 1. The van der Waals surface area contributed by atoms with Gasteiger partial charge in [-0.25, -0.2) is 0 Å². The zero-order chi connectivity index (χ0) is 8.81. The number of hydrogen-bond acceptors (Lipinski definition) is 3. The van der Waals surface area contributed by atoms with Gasteiger partial charge in [-0.1, -0.05) is 6.07 Å². The number of phenols is 1. The Balaban J connectivity index is 2.41. The molecule has 2 N–H and O–H groups in total. The van der Waals surface area contributed by atoms with Crippen LogP contribution in [0.4, 0.5) is 5.69 Å². The van der Waals surface area contributed by atoms with Gasteiger partial charge in [0.05, 0.1) is 6.61 Å². The van der Waals surface area contributed by atoms with E-state index in [2.05, 4.69) is 5.32 Å². The summed E-state index contributed by atoms with van der Waals surface area (Å²) in [7, 11) is 1.66. The molecule has 0 heterocycles. The fourth-order valence-electron chi connectivity index (χ4n) is 0.913. The van der Waals surface area contributed by atoms with E-state index in [1.54, 1.807) is 25.3 Å². The molecule has 0 aliphatic heterocycles. The van der Waals surface area contributed by atoms with Crippen LogP contribution < -0.4 is 5.32 Å². The minimum absolute atomic E-state index is 0.275. The third-order valence-corrected chi connectivity index (χ3v) is 1.48. The molecule has 1 aromatic carbocycles. The van der Waals surface area contributed by atoms with E-state index in [9.17, 15) is 0 Å². The predicted molar refractivity (Wildman–Crippen MR) is 48.5 cm³/mol. The molecular formula is C9H13NO2. The molecule has 0 spiro atoms. The minimum atomic E-state index is 0.275. The van der Waals surface area contributed by atoms with E-state index in [1.807, 2.05) is 6.07 Å². The molecule has 1 rings (SSSR count). The van der Waals surface area contributed by atoms with Crippen molar-refractivity contribution >= 4 is 5.69 Å². The fourth-order valence-corrected chi connectivity index (χ4v) is 0.913. The maximum absolute atomic E-state index is 9.10. The maximum Gasteiger partial charge on any atom is 0.117 e. The van der Waals surface area contributed by atoms with Crippen molar-refractivity contribution in [3.63, 3.8) is 0 Å². The SMILES string of the molecule is COCCNc1cccc(O)c1. The summed E-state index contributed by atoms with van der Waals surface area (Å²) in [4.78, 5) is 0. The van der Waals surface area contributed by atoms with Crippen LogP contribution in [0.3, 0.4) is 0 Å².